The third kappa shape index (κ3) is 17.7. The summed E-state index contributed by atoms with van der Waals surface area (Å²) in [6.45, 7) is 0. The van der Waals surface area contributed by atoms with E-state index in [2.05, 4.69) is 0 Å². The van der Waals surface area contributed by atoms with E-state index in [0.717, 1.165) is 0 Å². The molecular weight excluding hydrogens is 168 g/mol. The highest BCUT2D eigenvalue weighted by Crippen LogP contribution is 1.79. The minimum atomic E-state index is -1.83. The summed E-state index contributed by atoms with van der Waals surface area (Å²) in [5, 5.41) is 13.9. The Morgan fingerprint density at radius 2 is 0.909 bits per heavy atom. The van der Waals surface area contributed by atoms with Crippen LogP contribution in [-0.4, -0.2) is 16.4 Å². The van der Waals surface area contributed by atoms with Gasteiger partial charge in [0, 0.05) is 0 Å². The molecule has 0 aromatic heterocycles. The van der Waals surface area contributed by atoms with Gasteiger partial charge in [-0.2, -0.15) is 0 Å². The van der Waals surface area contributed by atoms with Crippen molar-refractivity contribution in [1.82, 2.24) is 0 Å². The van der Waals surface area contributed by atoms with Gasteiger partial charge in [0.1, 0.15) is 0 Å². The minimum Gasteiger partial charge on any atom is -0.450 e. The van der Waals surface area contributed by atoms with Crippen LogP contribution in [-0.2, 0) is 0 Å². The normalized spacial score (nSPS) is 6.55. The summed E-state index contributed by atoms with van der Waals surface area (Å²) >= 11 is 0. The number of rotatable bonds is 0. The molecule has 0 aliphatic heterocycles. The number of hydrogen-bond acceptors (Lipinski definition) is 1. The van der Waals surface area contributed by atoms with E-state index in [9.17, 15) is 0 Å². The van der Waals surface area contributed by atoms with Gasteiger partial charge in [0.2, 0.25) is 0 Å². The number of carboxylic acid groups (broad SMARTS) is 2. The summed E-state index contributed by atoms with van der Waals surface area (Å²) in [5.74, 6) is 0. The molecular formula is C7H9ClO3. The topological polar surface area (TPSA) is 57.5 Å². The van der Waals surface area contributed by atoms with Gasteiger partial charge < -0.3 is 10.2 Å². The van der Waals surface area contributed by atoms with Crippen LogP contribution >= 0.6 is 12.4 Å². The first-order valence-corrected chi connectivity index (χ1v) is 2.65. The van der Waals surface area contributed by atoms with Crippen molar-refractivity contribution in [3.63, 3.8) is 0 Å². The zero-order valence-corrected chi connectivity index (χ0v) is 6.49. The molecule has 0 aliphatic rings. The molecule has 0 bridgehead atoms. The van der Waals surface area contributed by atoms with Crippen molar-refractivity contribution in [2.24, 2.45) is 0 Å². The van der Waals surface area contributed by atoms with Crippen molar-refractivity contribution in [2.45, 2.75) is 0 Å². The molecule has 0 unspecified atom stereocenters. The molecule has 4 heteroatoms. The van der Waals surface area contributed by atoms with Gasteiger partial charge in [0.05, 0.1) is 0 Å². The molecule has 0 spiro atoms. The van der Waals surface area contributed by atoms with Gasteiger partial charge in [-0.1, -0.05) is 36.4 Å². The van der Waals surface area contributed by atoms with Crippen LogP contribution in [0.5, 0.6) is 0 Å². The number of benzene rings is 1. The van der Waals surface area contributed by atoms with Crippen molar-refractivity contribution in [1.29, 1.82) is 0 Å². The van der Waals surface area contributed by atoms with Crippen LogP contribution in [0.4, 0.5) is 4.79 Å². The Bertz CT molecular complexity index is 146. The lowest BCUT2D eigenvalue weighted by molar-refractivity contribution is 0.137. The monoisotopic (exact) mass is 176 g/mol. The van der Waals surface area contributed by atoms with Crippen molar-refractivity contribution in [3.8, 4) is 0 Å². The largest absolute Gasteiger partial charge is 0.503 e. The quantitative estimate of drug-likeness (QED) is 0.638. The molecule has 0 aliphatic carbocycles. The maximum atomic E-state index is 8.56. The van der Waals surface area contributed by atoms with E-state index in [4.69, 9.17) is 15.0 Å². The zero-order chi connectivity index (χ0) is 7.82. The molecule has 0 fully saturated rings. The Labute approximate surface area is 70.7 Å². The maximum Gasteiger partial charge on any atom is 0.503 e. The van der Waals surface area contributed by atoms with E-state index in [1.807, 2.05) is 36.4 Å². The van der Waals surface area contributed by atoms with Crippen LogP contribution in [0.2, 0.25) is 0 Å². The van der Waals surface area contributed by atoms with Crippen LogP contribution in [0.1, 0.15) is 0 Å². The van der Waals surface area contributed by atoms with Gasteiger partial charge in [-0.15, -0.1) is 12.4 Å². The fraction of sp³-hybridized carbons (Fsp3) is 0. The van der Waals surface area contributed by atoms with E-state index >= 15 is 0 Å². The Morgan fingerprint density at radius 3 is 1.00 bits per heavy atom. The van der Waals surface area contributed by atoms with Crippen molar-refractivity contribution >= 4 is 18.6 Å². The minimum absolute atomic E-state index is 0. The van der Waals surface area contributed by atoms with Gasteiger partial charge in [0.25, 0.3) is 0 Å². The molecule has 0 amide bonds. The van der Waals surface area contributed by atoms with E-state index in [0.29, 0.717) is 0 Å². The molecule has 1 aromatic rings. The molecule has 0 saturated carbocycles. The molecule has 62 valence electrons. The molecule has 0 atom stereocenters. The van der Waals surface area contributed by atoms with E-state index < -0.39 is 6.16 Å². The summed E-state index contributed by atoms with van der Waals surface area (Å²) in [6.07, 6.45) is -1.83. The summed E-state index contributed by atoms with van der Waals surface area (Å²) in [5.41, 5.74) is 0. The highest BCUT2D eigenvalue weighted by atomic mass is 35.5. The predicted octanol–water partition coefficient (Wildman–Crippen LogP) is 2.33. The van der Waals surface area contributed by atoms with Crippen LogP contribution in [0.3, 0.4) is 0 Å². The molecule has 2 N–H and O–H groups in total. The first kappa shape index (κ1) is 12.5. The standard InChI is InChI=1S/C6H6.CH2O3.ClH/c1-2-4-6-5-3-1;2-1(3)4;/h1-6H;(H2,2,3,4);1H. The van der Waals surface area contributed by atoms with Gasteiger partial charge in [-0.25, -0.2) is 4.79 Å². The maximum absolute atomic E-state index is 8.56. The lowest BCUT2D eigenvalue weighted by Gasteiger charge is -1.69. The van der Waals surface area contributed by atoms with E-state index in [1.54, 1.807) is 0 Å². The van der Waals surface area contributed by atoms with Crippen molar-refractivity contribution in [2.75, 3.05) is 0 Å². The average Bonchev–Trinajstić information content (AvgIpc) is 1.90. The van der Waals surface area contributed by atoms with Crippen LogP contribution < -0.4 is 0 Å². The fourth-order valence-corrected chi connectivity index (χ4v) is 0.385. The first-order chi connectivity index (χ1) is 4.73. The third-order valence-corrected chi connectivity index (χ3v) is 0.667. The molecule has 1 rings (SSSR count). The van der Waals surface area contributed by atoms with Gasteiger partial charge in [-0.05, 0) is 0 Å². The number of hydrogen-bond donors (Lipinski definition) is 2. The van der Waals surface area contributed by atoms with E-state index in [-0.39, 0.29) is 12.4 Å². The summed E-state index contributed by atoms with van der Waals surface area (Å²) in [7, 11) is 0. The van der Waals surface area contributed by atoms with Crippen LogP contribution in [0.15, 0.2) is 36.4 Å². The van der Waals surface area contributed by atoms with E-state index in [1.165, 1.54) is 0 Å². The Balaban J connectivity index is 0. The first-order valence-electron chi connectivity index (χ1n) is 2.65. The number of halogens is 1. The summed E-state index contributed by atoms with van der Waals surface area (Å²) < 4.78 is 0. The van der Waals surface area contributed by atoms with Gasteiger partial charge >= 0.3 is 6.16 Å². The Kier molecular flexibility index (Phi) is 9.94. The highest BCUT2D eigenvalue weighted by Gasteiger charge is 1.70. The predicted molar refractivity (Wildman–Crippen MR) is 44.3 cm³/mol. The smallest absolute Gasteiger partial charge is 0.450 e. The average molecular weight is 177 g/mol. The fourth-order valence-electron chi connectivity index (χ4n) is 0.385. The highest BCUT2D eigenvalue weighted by molar-refractivity contribution is 5.85. The SMILES string of the molecule is Cl.O=C(O)O.c1ccccc1. The lowest BCUT2D eigenvalue weighted by atomic mass is 10.4. The van der Waals surface area contributed by atoms with Gasteiger partial charge in [0.15, 0.2) is 0 Å². The molecule has 0 saturated heterocycles. The molecule has 0 radical (unpaired) electrons. The second-order valence-corrected chi connectivity index (χ2v) is 1.44. The van der Waals surface area contributed by atoms with Crippen molar-refractivity contribution < 1.29 is 15.0 Å². The molecule has 3 nitrogen and oxygen atoms in total. The Hall–Kier alpha value is -1.22. The lowest BCUT2D eigenvalue weighted by Crippen LogP contribution is -1.81. The number of carbonyl (C=O) groups is 1. The second kappa shape index (κ2) is 8.78. The Morgan fingerprint density at radius 1 is 0.818 bits per heavy atom. The second-order valence-electron chi connectivity index (χ2n) is 1.44. The molecule has 11 heavy (non-hydrogen) atoms. The summed E-state index contributed by atoms with van der Waals surface area (Å²) in [4.78, 5) is 8.56. The molecule has 1 aromatic carbocycles. The van der Waals surface area contributed by atoms with Crippen LogP contribution in [0, 0.1) is 0 Å². The summed E-state index contributed by atoms with van der Waals surface area (Å²) in [6, 6.07) is 12.0. The van der Waals surface area contributed by atoms with Crippen molar-refractivity contribution in [3.05, 3.63) is 36.4 Å². The van der Waals surface area contributed by atoms with Crippen LogP contribution in [0.25, 0.3) is 0 Å². The van der Waals surface area contributed by atoms with Gasteiger partial charge in [-0.3, -0.25) is 0 Å². The zero-order valence-electron chi connectivity index (χ0n) is 5.68. The third-order valence-electron chi connectivity index (χ3n) is 0.667. The molecule has 0 heterocycles.